The number of carboxylic acid groups (broad SMARTS) is 1. The first-order valence-electron chi connectivity index (χ1n) is 4.20. The second kappa shape index (κ2) is 3.82. The highest BCUT2D eigenvalue weighted by molar-refractivity contribution is 9.10. The topological polar surface area (TPSA) is 66.0 Å². The van der Waals surface area contributed by atoms with E-state index in [1.807, 2.05) is 0 Å². The number of H-pyrrole nitrogens is 1. The minimum atomic E-state index is -2.84. The van der Waals surface area contributed by atoms with E-state index in [2.05, 4.69) is 25.9 Å². The van der Waals surface area contributed by atoms with E-state index >= 15 is 0 Å². The number of aromatic carboxylic acids is 1. The number of imidazole rings is 1. The number of rotatable bonds is 2. The Morgan fingerprint density at radius 2 is 2.19 bits per heavy atom. The van der Waals surface area contributed by atoms with Crippen LogP contribution in [0.3, 0.4) is 0 Å². The van der Waals surface area contributed by atoms with E-state index in [0.29, 0.717) is 10.3 Å². The van der Waals surface area contributed by atoms with Gasteiger partial charge in [-0.3, -0.25) is 0 Å². The number of aromatic amines is 1. The Balaban J connectivity index is 2.83. The first kappa shape index (κ1) is 11.0. The van der Waals surface area contributed by atoms with Gasteiger partial charge in [0.05, 0.1) is 11.1 Å². The molecule has 1 aromatic heterocycles. The lowest BCUT2D eigenvalue weighted by Crippen LogP contribution is -2.04. The summed E-state index contributed by atoms with van der Waals surface area (Å²) in [5, 5.41) is 8.92. The number of hydrogen-bond donors (Lipinski definition) is 2. The SMILES string of the molecule is O=C(O)c1c(C(F)F)ccc2[nH]c(Br)nc12. The summed E-state index contributed by atoms with van der Waals surface area (Å²) < 4.78 is 25.5. The summed E-state index contributed by atoms with van der Waals surface area (Å²) in [6.07, 6.45) is -2.84. The van der Waals surface area contributed by atoms with Gasteiger partial charge in [-0.2, -0.15) is 0 Å². The van der Waals surface area contributed by atoms with Gasteiger partial charge in [-0.15, -0.1) is 0 Å². The molecule has 2 rings (SSSR count). The van der Waals surface area contributed by atoms with Gasteiger partial charge in [0.25, 0.3) is 6.43 Å². The highest BCUT2D eigenvalue weighted by Crippen LogP contribution is 2.29. The number of hydrogen-bond acceptors (Lipinski definition) is 2. The molecule has 0 saturated heterocycles. The normalized spacial score (nSPS) is 11.2. The number of carboxylic acids is 1. The van der Waals surface area contributed by atoms with E-state index in [-0.39, 0.29) is 5.52 Å². The van der Waals surface area contributed by atoms with Crippen molar-refractivity contribution in [3.63, 3.8) is 0 Å². The number of nitrogens with zero attached hydrogens (tertiary/aromatic N) is 1. The molecule has 1 heterocycles. The Morgan fingerprint density at radius 3 is 2.75 bits per heavy atom. The van der Waals surface area contributed by atoms with Crippen molar-refractivity contribution in [3.05, 3.63) is 28.0 Å². The number of fused-ring (bicyclic) bond motifs is 1. The van der Waals surface area contributed by atoms with Crippen LogP contribution in [0, 0.1) is 0 Å². The van der Waals surface area contributed by atoms with Crippen LogP contribution < -0.4 is 0 Å². The molecule has 2 N–H and O–H groups in total. The maximum absolute atomic E-state index is 12.6. The molecular weight excluding hydrogens is 286 g/mol. The molecule has 4 nitrogen and oxygen atoms in total. The quantitative estimate of drug-likeness (QED) is 0.894. The first-order valence-corrected chi connectivity index (χ1v) is 4.99. The molecule has 0 amide bonds. The maximum atomic E-state index is 12.6. The zero-order valence-corrected chi connectivity index (χ0v) is 9.25. The van der Waals surface area contributed by atoms with Crippen LogP contribution in [0.1, 0.15) is 22.3 Å². The molecule has 0 aliphatic rings. The minimum Gasteiger partial charge on any atom is -0.478 e. The number of nitrogens with one attached hydrogen (secondary N) is 1. The van der Waals surface area contributed by atoms with Crippen molar-refractivity contribution in [2.24, 2.45) is 0 Å². The maximum Gasteiger partial charge on any atom is 0.338 e. The van der Waals surface area contributed by atoms with Crippen LogP contribution in [-0.2, 0) is 0 Å². The molecule has 16 heavy (non-hydrogen) atoms. The van der Waals surface area contributed by atoms with Gasteiger partial charge in [0.15, 0.2) is 4.73 Å². The van der Waals surface area contributed by atoms with Gasteiger partial charge >= 0.3 is 5.97 Å². The van der Waals surface area contributed by atoms with Gasteiger partial charge in [0.2, 0.25) is 0 Å². The van der Waals surface area contributed by atoms with E-state index in [1.54, 1.807) is 0 Å². The highest BCUT2D eigenvalue weighted by Gasteiger charge is 2.22. The van der Waals surface area contributed by atoms with Crippen molar-refractivity contribution in [2.75, 3.05) is 0 Å². The fourth-order valence-electron chi connectivity index (χ4n) is 1.47. The largest absolute Gasteiger partial charge is 0.478 e. The number of halogens is 3. The Hall–Kier alpha value is -1.50. The molecule has 0 aliphatic heterocycles. The van der Waals surface area contributed by atoms with E-state index in [4.69, 9.17) is 5.11 Å². The summed E-state index contributed by atoms with van der Waals surface area (Å²) in [5.41, 5.74) is -0.570. The molecule has 0 fully saturated rings. The van der Waals surface area contributed by atoms with E-state index < -0.39 is 23.5 Å². The number of carbonyl (C=O) groups is 1. The number of alkyl halides is 2. The smallest absolute Gasteiger partial charge is 0.338 e. The van der Waals surface area contributed by atoms with Gasteiger partial charge in [-0.05, 0) is 22.0 Å². The zero-order valence-electron chi connectivity index (χ0n) is 7.67. The highest BCUT2D eigenvalue weighted by atomic mass is 79.9. The fourth-order valence-corrected chi connectivity index (χ4v) is 1.86. The molecule has 0 aliphatic carbocycles. The summed E-state index contributed by atoms with van der Waals surface area (Å²) in [4.78, 5) is 17.5. The van der Waals surface area contributed by atoms with E-state index in [0.717, 1.165) is 6.07 Å². The predicted octanol–water partition coefficient (Wildman–Crippen LogP) is 2.96. The van der Waals surface area contributed by atoms with E-state index in [9.17, 15) is 13.6 Å². The van der Waals surface area contributed by atoms with Crippen LogP contribution in [0.2, 0.25) is 0 Å². The van der Waals surface area contributed by atoms with Crippen LogP contribution in [-0.4, -0.2) is 21.0 Å². The third kappa shape index (κ3) is 1.67. The lowest BCUT2D eigenvalue weighted by molar-refractivity contribution is 0.0687. The molecular formula is C9H5BrF2N2O2. The van der Waals surface area contributed by atoms with Crippen LogP contribution in [0.25, 0.3) is 11.0 Å². The Labute approximate surface area is 96.4 Å². The fraction of sp³-hybridized carbons (Fsp3) is 0.111. The lowest BCUT2D eigenvalue weighted by Gasteiger charge is -2.04. The van der Waals surface area contributed by atoms with Crippen molar-refractivity contribution in [3.8, 4) is 0 Å². The zero-order chi connectivity index (χ0) is 11.9. The van der Waals surface area contributed by atoms with Crippen molar-refractivity contribution in [1.82, 2.24) is 9.97 Å². The van der Waals surface area contributed by atoms with Gasteiger partial charge in [-0.1, -0.05) is 6.07 Å². The molecule has 0 atom stereocenters. The molecule has 0 bridgehead atoms. The van der Waals surface area contributed by atoms with Crippen LogP contribution >= 0.6 is 15.9 Å². The van der Waals surface area contributed by atoms with Crippen LogP contribution in [0.15, 0.2) is 16.9 Å². The molecule has 0 saturated carbocycles. The van der Waals surface area contributed by atoms with Gasteiger partial charge in [0, 0.05) is 5.56 Å². The monoisotopic (exact) mass is 290 g/mol. The van der Waals surface area contributed by atoms with Crippen molar-refractivity contribution < 1.29 is 18.7 Å². The Bertz CT molecular complexity index is 568. The third-order valence-electron chi connectivity index (χ3n) is 2.11. The van der Waals surface area contributed by atoms with Crippen LogP contribution in [0.5, 0.6) is 0 Å². The summed E-state index contributed by atoms with van der Waals surface area (Å²) in [6, 6.07) is 2.46. The number of aromatic nitrogens is 2. The summed E-state index contributed by atoms with van der Waals surface area (Å²) in [5.74, 6) is -1.42. The van der Waals surface area contributed by atoms with E-state index in [1.165, 1.54) is 6.07 Å². The standard InChI is InChI=1S/C9H5BrF2N2O2/c10-9-13-4-2-1-3(7(11)12)5(8(15)16)6(4)14-9/h1-2,7H,(H,13,14)(H,15,16). The first-order chi connectivity index (χ1) is 7.50. The van der Waals surface area contributed by atoms with Gasteiger partial charge < -0.3 is 10.1 Å². The molecule has 0 radical (unpaired) electrons. The lowest BCUT2D eigenvalue weighted by atomic mass is 10.1. The molecule has 2 aromatic rings. The minimum absolute atomic E-state index is 0.0252. The second-order valence-electron chi connectivity index (χ2n) is 3.06. The van der Waals surface area contributed by atoms with Crippen molar-refractivity contribution in [2.45, 2.75) is 6.43 Å². The van der Waals surface area contributed by atoms with Gasteiger partial charge in [-0.25, -0.2) is 18.6 Å². The van der Waals surface area contributed by atoms with Crippen LogP contribution in [0.4, 0.5) is 8.78 Å². The summed E-state index contributed by atoms with van der Waals surface area (Å²) in [7, 11) is 0. The predicted molar refractivity (Wildman–Crippen MR) is 55.7 cm³/mol. The molecule has 84 valence electrons. The molecule has 7 heteroatoms. The average molecular weight is 291 g/mol. The molecule has 1 aromatic carbocycles. The second-order valence-corrected chi connectivity index (χ2v) is 3.81. The van der Waals surface area contributed by atoms with Crippen molar-refractivity contribution in [1.29, 1.82) is 0 Å². The summed E-state index contributed by atoms with van der Waals surface area (Å²) >= 11 is 3.02. The third-order valence-corrected chi connectivity index (χ3v) is 2.48. The Morgan fingerprint density at radius 1 is 1.50 bits per heavy atom. The van der Waals surface area contributed by atoms with Gasteiger partial charge in [0.1, 0.15) is 5.52 Å². The molecule has 0 unspecified atom stereocenters. The average Bonchev–Trinajstić information content (AvgIpc) is 2.55. The summed E-state index contributed by atoms with van der Waals surface area (Å²) in [6.45, 7) is 0. The molecule has 0 spiro atoms. The Kier molecular flexibility index (Phi) is 2.63. The number of benzene rings is 1. The van der Waals surface area contributed by atoms with Crippen molar-refractivity contribution >= 4 is 32.9 Å².